The van der Waals surface area contributed by atoms with E-state index >= 15 is 0 Å². The summed E-state index contributed by atoms with van der Waals surface area (Å²) in [7, 11) is 0. The van der Waals surface area contributed by atoms with Gasteiger partial charge in [-0.15, -0.1) is 0 Å². The minimum atomic E-state index is 0.172. The highest BCUT2D eigenvalue weighted by atomic mass is 16.2. The first-order chi connectivity index (χ1) is 9.70. The van der Waals surface area contributed by atoms with Gasteiger partial charge in [0, 0.05) is 31.9 Å². The molecular formula is C16H25N3O. The lowest BCUT2D eigenvalue weighted by Crippen LogP contribution is -2.43. The van der Waals surface area contributed by atoms with Gasteiger partial charge in [-0.25, -0.2) is 4.79 Å². The zero-order chi connectivity index (χ0) is 14.4. The Bertz CT molecular complexity index is 422. The van der Waals surface area contributed by atoms with E-state index in [2.05, 4.69) is 0 Å². The van der Waals surface area contributed by atoms with Crippen LogP contribution in [0.25, 0.3) is 0 Å². The van der Waals surface area contributed by atoms with Crippen LogP contribution >= 0.6 is 0 Å². The fourth-order valence-electron chi connectivity index (χ4n) is 2.62. The molecule has 2 N–H and O–H groups in total. The Balaban J connectivity index is 1.99. The molecule has 1 fully saturated rings. The van der Waals surface area contributed by atoms with Gasteiger partial charge < -0.3 is 15.5 Å². The molecule has 0 aliphatic carbocycles. The van der Waals surface area contributed by atoms with Crippen LogP contribution in [0.15, 0.2) is 24.3 Å². The molecule has 0 aromatic heterocycles. The van der Waals surface area contributed by atoms with Crippen molar-refractivity contribution in [3.8, 4) is 0 Å². The number of likely N-dealkylation sites (tertiary alicyclic amines) is 1. The van der Waals surface area contributed by atoms with Crippen LogP contribution in [0.1, 0.15) is 38.2 Å². The Kier molecular flexibility index (Phi) is 5.27. The fraction of sp³-hybridized carbons (Fsp3) is 0.562. The molecule has 0 bridgehead atoms. The smallest absolute Gasteiger partial charge is 0.320 e. The Morgan fingerprint density at radius 2 is 1.75 bits per heavy atom. The number of rotatable bonds is 3. The minimum Gasteiger partial charge on any atom is -0.399 e. The molecule has 1 heterocycles. The van der Waals surface area contributed by atoms with Crippen LogP contribution in [0.5, 0.6) is 0 Å². The van der Waals surface area contributed by atoms with Gasteiger partial charge in [-0.05, 0) is 37.5 Å². The second kappa shape index (κ2) is 7.17. The van der Waals surface area contributed by atoms with Gasteiger partial charge in [0.1, 0.15) is 0 Å². The first kappa shape index (κ1) is 14.7. The Morgan fingerprint density at radius 3 is 2.30 bits per heavy atom. The van der Waals surface area contributed by atoms with Crippen LogP contribution < -0.4 is 5.73 Å². The maximum Gasteiger partial charge on any atom is 0.320 e. The molecule has 1 aliphatic heterocycles. The highest BCUT2D eigenvalue weighted by Gasteiger charge is 2.20. The van der Waals surface area contributed by atoms with E-state index < -0.39 is 0 Å². The molecule has 1 aromatic carbocycles. The Morgan fingerprint density at radius 1 is 1.15 bits per heavy atom. The van der Waals surface area contributed by atoms with E-state index in [1.807, 2.05) is 41.0 Å². The molecule has 0 saturated carbocycles. The van der Waals surface area contributed by atoms with E-state index in [0.29, 0.717) is 6.54 Å². The molecule has 0 atom stereocenters. The van der Waals surface area contributed by atoms with Crippen LogP contribution in [-0.2, 0) is 6.54 Å². The third kappa shape index (κ3) is 3.89. The van der Waals surface area contributed by atoms with Gasteiger partial charge >= 0.3 is 6.03 Å². The summed E-state index contributed by atoms with van der Waals surface area (Å²) >= 11 is 0. The normalized spacial score (nSPS) is 15.8. The van der Waals surface area contributed by atoms with Gasteiger partial charge in [0.05, 0.1) is 0 Å². The first-order valence-electron chi connectivity index (χ1n) is 7.59. The van der Waals surface area contributed by atoms with Crippen molar-refractivity contribution in [3.63, 3.8) is 0 Å². The molecule has 0 spiro atoms. The summed E-state index contributed by atoms with van der Waals surface area (Å²) in [6, 6.07) is 7.94. The molecule has 1 aromatic rings. The molecule has 2 rings (SSSR count). The lowest BCUT2D eigenvalue weighted by Gasteiger charge is -2.29. The minimum absolute atomic E-state index is 0.172. The molecule has 20 heavy (non-hydrogen) atoms. The number of anilines is 1. The van der Waals surface area contributed by atoms with E-state index in [4.69, 9.17) is 5.73 Å². The number of hydrogen-bond acceptors (Lipinski definition) is 2. The number of urea groups is 1. The Labute approximate surface area is 121 Å². The van der Waals surface area contributed by atoms with Gasteiger partial charge in [-0.1, -0.05) is 25.0 Å². The van der Waals surface area contributed by atoms with Crippen molar-refractivity contribution in [1.82, 2.24) is 9.80 Å². The molecule has 4 heteroatoms. The number of carbonyl (C=O) groups is 1. The van der Waals surface area contributed by atoms with Crippen molar-refractivity contribution >= 4 is 11.7 Å². The maximum atomic E-state index is 12.6. The van der Waals surface area contributed by atoms with Crippen LogP contribution in [0, 0.1) is 0 Å². The monoisotopic (exact) mass is 275 g/mol. The maximum absolute atomic E-state index is 12.6. The van der Waals surface area contributed by atoms with E-state index in [1.54, 1.807) is 0 Å². The second-order valence-electron chi connectivity index (χ2n) is 5.44. The molecule has 1 aliphatic rings. The highest BCUT2D eigenvalue weighted by Crippen LogP contribution is 2.14. The van der Waals surface area contributed by atoms with Crippen LogP contribution in [0.2, 0.25) is 0 Å². The predicted molar refractivity (Wildman–Crippen MR) is 82.4 cm³/mol. The van der Waals surface area contributed by atoms with Gasteiger partial charge in [-0.3, -0.25) is 0 Å². The van der Waals surface area contributed by atoms with Crippen molar-refractivity contribution in [2.24, 2.45) is 0 Å². The number of nitrogen functional groups attached to an aromatic ring is 1. The summed E-state index contributed by atoms with van der Waals surface area (Å²) in [5, 5.41) is 0. The average Bonchev–Trinajstić information content (AvgIpc) is 2.75. The SMILES string of the molecule is CCN(Cc1ccc(N)cc1)C(=O)N1CCCCCC1. The van der Waals surface area contributed by atoms with Crippen molar-refractivity contribution in [3.05, 3.63) is 29.8 Å². The molecule has 0 unspecified atom stereocenters. The third-order valence-electron chi connectivity index (χ3n) is 3.88. The number of nitrogens with zero attached hydrogens (tertiary/aromatic N) is 2. The summed E-state index contributed by atoms with van der Waals surface area (Å²) < 4.78 is 0. The lowest BCUT2D eigenvalue weighted by molar-refractivity contribution is 0.154. The number of benzene rings is 1. The third-order valence-corrected chi connectivity index (χ3v) is 3.88. The number of carbonyl (C=O) groups excluding carboxylic acids is 1. The van der Waals surface area contributed by atoms with Gasteiger partial charge in [0.15, 0.2) is 0 Å². The van der Waals surface area contributed by atoms with E-state index in [0.717, 1.165) is 43.7 Å². The average molecular weight is 275 g/mol. The fourth-order valence-corrected chi connectivity index (χ4v) is 2.62. The molecule has 1 saturated heterocycles. The molecule has 0 radical (unpaired) electrons. The summed E-state index contributed by atoms with van der Waals surface area (Å²) in [5.74, 6) is 0. The molecule has 4 nitrogen and oxygen atoms in total. The Hall–Kier alpha value is -1.71. The van der Waals surface area contributed by atoms with Gasteiger partial charge in [-0.2, -0.15) is 0 Å². The quantitative estimate of drug-likeness (QED) is 0.862. The lowest BCUT2D eigenvalue weighted by atomic mass is 10.2. The number of amides is 2. The summed E-state index contributed by atoms with van der Waals surface area (Å²) in [6.07, 6.45) is 4.75. The standard InChI is InChI=1S/C16H25N3O/c1-2-18(13-14-7-9-15(17)10-8-14)16(20)19-11-5-3-4-6-12-19/h7-10H,2-6,11-13,17H2,1H3. The van der Waals surface area contributed by atoms with Crippen molar-refractivity contribution in [2.45, 2.75) is 39.2 Å². The van der Waals surface area contributed by atoms with Crippen molar-refractivity contribution in [2.75, 3.05) is 25.4 Å². The summed E-state index contributed by atoms with van der Waals surface area (Å²) in [5.41, 5.74) is 7.58. The van der Waals surface area contributed by atoms with Gasteiger partial charge in [0.25, 0.3) is 0 Å². The zero-order valence-corrected chi connectivity index (χ0v) is 12.3. The largest absolute Gasteiger partial charge is 0.399 e. The van der Waals surface area contributed by atoms with Crippen molar-refractivity contribution < 1.29 is 4.79 Å². The number of nitrogens with two attached hydrogens (primary N) is 1. The zero-order valence-electron chi connectivity index (χ0n) is 12.3. The van der Waals surface area contributed by atoms with Crippen LogP contribution in [-0.4, -0.2) is 35.5 Å². The topological polar surface area (TPSA) is 49.6 Å². The second-order valence-corrected chi connectivity index (χ2v) is 5.44. The van der Waals surface area contributed by atoms with Crippen molar-refractivity contribution in [1.29, 1.82) is 0 Å². The summed E-state index contributed by atoms with van der Waals surface area (Å²) in [4.78, 5) is 16.5. The predicted octanol–water partition coefficient (Wildman–Crippen LogP) is 3.09. The molecule has 110 valence electrons. The van der Waals surface area contributed by atoms with Crippen LogP contribution in [0.4, 0.5) is 10.5 Å². The van der Waals surface area contributed by atoms with E-state index in [1.165, 1.54) is 12.8 Å². The first-order valence-corrected chi connectivity index (χ1v) is 7.59. The highest BCUT2D eigenvalue weighted by molar-refractivity contribution is 5.74. The number of hydrogen-bond donors (Lipinski definition) is 1. The van der Waals surface area contributed by atoms with Gasteiger partial charge in [0.2, 0.25) is 0 Å². The summed E-state index contributed by atoms with van der Waals surface area (Å²) in [6.45, 7) is 5.23. The molecular weight excluding hydrogens is 250 g/mol. The van der Waals surface area contributed by atoms with Crippen LogP contribution in [0.3, 0.4) is 0 Å². The molecule has 2 amide bonds. The van der Waals surface area contributed by atoms with E-state index in [9.17, 15) is 4.79 Å². The van der Waals surface area contributed by atoms with E-state index in [-0.39, 0.29) is 6.03 Å².